The second-order valence-electron chi connectivity index (χ2n) is 8.22. The molecule has 1 atom stereocenters. The highest BCUT2D eigenvalue weighted by Gasteiger charge is 2.31. The maximum atomic E-state index is 13.2. The summed E-state index contributed by atoms with van der Waals surface area (Å²) >= 11 is 0. The van der Waals surface area contributed by atoms with Crippen LogP contribution in [0.3, 0.4) is 0 Å². The number of hydrogen-bond acceptors (Lipinski definition) is 3. The smallest absolute Gasteiger partial charge is 0.251 e. The van der Waals surface area contributed by atoms with E-state index in [1.165, 1.54) is 11.3 Å². The summed E-state index contributed by atoms with van der Waals surface area (Å²) in [6.07, 6.45) is 0. The standard InChI is InChI=1S/C24H31N3O2/c1-17(2)22(25-23(28)20-9-5-7-18(3)15-20)24(29)27-13-11-26(12-14-27)21-10-6-8-19(4)16-21/h5-10,15-17,22H,11-14H2,1-4H3,(H,25,28). The van der Waals surface area contributed by atoms with Gasteiger partial charge in [0.1, 0.15) is 6.04 Å². The van der Waals surface area contributed by atoms with Gasteiger partial charge in [-0.25, -0.2) is 0 Å². The van der Waals surface area contributed by atoms with Gasteiger partial charge < -0.3 is 15.1 Å². The molecule has 5 heteroatoms. The minimum atomic E-state index is -0.520. The number of piperazine rings is 1. The van der Waals surface area contributed by atoms with Crippen LogP contribution in [0.1, 0.15) is 35.3 Å². The molecular formula is C24H31N3O2. The average Bonchev–Trinajstić information content (AvgIpc) is 2.71. The minimum Gasteiger partial charge on any atom is -0.368 e. The number of nitrogens with one attached hydrogen (secondary N) is 1. The van der Waals surface area contributed by atoms with Crippen molar-refractivity contribution in [2.45, 2.75) is 33.7 Å². The Morgan fingerprint density at radius 3 is 2.10 bits per heavy atom. The van der Waals surface area contributed by atoms with E-state index in [-0.39, 0.29) is 17.7 Å². The van der Waals surface area contributed by atoms with Gasteiger partial charge in [-0.05, 0) is 49.6 Å². The fourth-order valence-electron chi connectivity index (χ4n) is 3.73. The maximum absolute atomic E-state index is 13.2. The van der Waals surface area contributed by atoms with E-state index in [4.69, 9.17) is 0 Å². The van der Waals surface area contributed by atoms with Gasteiger partial charge in [-0.1, -0.05) is 43.7 Å². The van der Waals surface area contributed by atoms with Crippen molar-refractivity contribution in [2.75, 3.05) is 31.1 Å². The van der Waals surface area contributed by atoms with E-state index in [2.05, 4.69) is 41.4 Å². The van der Waals surface area contributed by atoms with Crippen molar-refractivity contribution in [3.63, 3.8) is 0 Å². The number of carbonyl (C=O) groups is 2. The molecule has 1 aliphatic rings. The molecule has 0 radical (unpaired) electrons. The van der Waals surface area contributed by atoms with Gasteiger partial charge in [-0.2, -0.15) is 0 Å². The first-order valence-electron chi connectivity index (χ1n) is 10.3. The van der Waals surface area contributed by atoms with E-state index >= 15 is 0 Å². The minimum absolute atomic E-state index is 0.00453. The summed E-state index contributed by atoms with van der Waals surface area (Å²) in [5.41, 5.74) is 4.05. The number of anilines is 1. The van der Waals surface area contributed by atoms with Gasteiger partial charge in [0.25, 0.3) is 5.91 Å². The van der Waals surface area contributed by atoms with Crippen LogP contribution in [-0.2, 0) is 4.79 Å². The van der Waals surface area contributed by atoms with Crippen molar-refractivity contribution in [3.8, 4) is 0 Å². The fraction of sp³-hybridized carbons (Fsp3) is 0.417. The summed E-state index contributed by atoms with van der Waals surface area (Å²) in [6, 6.07) is 15.4. The van der Waals surface area contributed by atoms with Crippen molar-refractivity contribution in [1.29, 1.82) is 0 Å². The van der Waals surface area contributed by atoms with E-state index in [9.17, 15) is 9.59 Å². The van der Waals surface area contributed by atoms with Gasteiger partial charge in [0, 0.05) is 37.4 Å². The quantitative estimate of drug-likeness (QED) is 0.847. The van der Waals surface area contributed by atoms with Crippen LogP contribution >= 0.6 is 0 Å². The number of rotatable bonds is 5. The predicted molar refractivity (Wildman–Crippen MR) is 117 cm³/mol. The molecule has 5 nitrogen and oxygen atoms in total. The van der Waals surface area contributed by atoms with E-state index in [1.54, 1.807) is 6.07 Å². The number of nitrogens with zero attached hydrogens (tertiary/aromatic N) is 2. The van der Waals surface area contributed by atoms with Crippen LogP contribution in [0.4, 0.5) is 5.69 Å². The topological polar surface area (TPSA) is 52.7 Å². The van der Waals surface area contributed by atoms with Crippen molar-refractivity contribution in [3.05, 3.63) is 65.2 Å². The normalized spacial score (nSPS) is 15.3. The van der Waals surface area contributed by atoms with Gasteiger partial charge in [0.15, 0.2) is 0 Å². The molecule has 0 spiro atoms. The first-order chi connectivity index (χ1) is 13.8. The lowest BCUT2D eigenvalue weighted by Crippen LogP contribution is -2.56. The Bertz CT molecular complexity index is 870. The summed E-state index contributed by atoms with van der Waals surface area (Å²) < 4.78 is 0. The monoisotopic (exact) mass is 393 g/mol. The summed E-state index contributed by atoms with van der Waals surface area (Å²) in [5, 5.41) is 2.96. The van der Waals surface area contributed by atoms with E-state index in [1.807, 2.05) is 43.9 Å². The molecule has 1 unspecified atom stereocenters. The molecule has 29 heavy (non-hydrogen) atoms. The van der Waals surface area contributed by atoms with Gasteiger partial charge in [-0.15, -0.1) is 0 Å². The van der Waals surface area contributed by atoms with E-state index in [0.717, 1.165) is 18.7 Å². The molecule has 0 aromatic heterocycles. The molecule has 3 rings (SSSR count). The predicted octanol–water partition coefficient (Wildman–Crippen LogP) is 3.41. The second-order valence-corrected chi connectivity index (χ2v) is 8.22. The van der Waals surface area contributed by atoms with Crippen molar-refractivity contribution in [2.24, 2.45) is 5.92 Å². The maximum Gasteiger partial charge on any atom is 0.251 e. The third-order valence-electron chi connectivity index (χ3n) is 5.46. The lowest BCUT2D eigenvalue weighted by atomic mass is 10.0. The van der Waals surface area contributed by atoms with Crippen molar-refractivity contribution in [1.82, 2.24) is 10.2 Å². The highest BCUT2D eigenvalue weighted by atomic mass is 16.2. The summed E-state index contributed by atoms with van der Waals surface area (Å²) in [5.74, 6) is -0.171. The second kappa shape index (κ2) is 9.12. The largest absolute Gasteiger partial charge is 0.368 e. The Kier molecular flexibility index (Phi) is 6.57. The molecule has 2 amide bonds. The summed E-state index contributed by atoms with van der Waals surface area (Å²) in [4.78, 5) is 30.0. The summed E-state index contributed by atoms with van der Waals surface area (Å²) in [6.45, 7) is 10.9. The molecule has 1 heterocycles. The van der Waals surface area contributed by atoms with Crippen LogP contribution < -0.4 is 10.2 Å². The Morgan fingerprint density at radius 1 is 0.897 bits per heavy atom. The van der Waals surface area contributed by atoms with Crippen LogP contribution in [-0.4, -0.2) is 48.9 Å². The third-order valence-corrected chi connectivity index (χ3v) is 5.46. The number of hydrogen-bond donors (Lipinski definition) is 1. The Hall–Kier alpha value is -2.82. The van der Waals surface area contributed by atoms with Gasteiger partial charge in [0.2, 0.25) is 5.91 Å². The Balaban J connectivity index is 1.63. The van der Waals surface area contributed by atoms with Gasteiger partial charge in [-0.3, -0.25) is 9.59 Å². The first-order valence-corrected chi connectivity index (χ1v) is 10.3. The highest BCUT2D eigenvalue weighted by molar-refractivity contribution is 5.97. The fourth-order valence-corrected chi connectivity index (χ4v) is 3.73. The van der Waals surface area contributed by atoms with Crippen molar-refractivity contribution < 1.29 is 9.59 Å². The van der Waals surface area contributed by atoms with Crippen LogP contribution in [0.25, 0.3) is 0 Å². The Labute approximate surface area is 173 Å². The molecule has 0 saturated carbocycles. The van der Waals surface area contributed by atoms with Crippen molar-refractivity contribution >= 4 is 17.5 Å². The lowest BCUT2D eigenvalue weighted by Gasteiger charge is -2.38. The van der Waals surface area contributed by atoms with E-state index in [0.29, 0.717) is 18.7 Å². The zero-order valence-corrected chi connectivity index (χ0v) is 17.8. The molecule has 1 saturated heterocycles. The van der Waals surface area contributed by atoms with Gasteiger partial charge >= 0.3 is 0 Å². The Morgan fingerprint density at radius 2 is 1.52 bits per heavy atom. The molecular weight excluding hydrogens is 362 g/mol. The zero-order chi connectivity index (χ0) is 21.0. The van der Waals surface area contributed by atoms with Crippen LogP contribution in [0.15, 0.2) is 48.5 Å². The number of carbonyl (C=O) groups excluding carboxylic acids is 2. The van der Waals surface area contributed by atoms with Gasteiger partial charge in [0.05, 0.1) is 0 Å². The van der Waals surface area contributed by atoms with Crippen LogP contribution in [0.5, 0.6) is 0 Å². The lowest BCUT2D eigenvalue weighted by molar-refractivity contribution is -0.134. The molecule has 2 aromatic rings. The molecule has 1 fully saturated rings. The number of aryl methyl sites for hydroxylation is 2. The third kappa shape index (κ3) is 5.17. The number of benzene rings is 2. The zero-order valence-electron chi connectivity index (χ0n) is 17.8. The first kappa shape index (κ1) is 20.9. The molecule has 0 bridgehead atoms. The number of amides is 2. The average molecular weight is 394 g/mol. The highest BCUT2D eigenvalue weighted by Crippen LogP contribution is 2.19. The summed E-state index contributed by atoms with van der Waals surface area (Å²) in [7, 11) is 0. The molecule has 1 aliphatic heterocycles. The van der Waals surface area contributed by atoms with E-state index < -0.39 is 6.04 Å². The SMILES string of the molecule is Cc1cccc(C(=O)NC(C(=O)N2CCN(c3cccc(C)c3)CC2)C(C)C)c1. The molecule has 0 aliphatic carbocycles. The van der Waals surface area contributed by atoms with Crippen LogP contribution in [0.2, 0.25) is 0 Å². The molecule has 154 valence electrons. The molecule has 1 N–H and O–H groups in total. The van der Waals surface area contributed by atoms with Crippen LogP contribution in [0, 0.1) is 19.8 Å². The molecule has 2 aromatic carbocycles.